The second kappa shape index (κ2) is 2.73. The normalized spacial score (nSPS) is 10.9. The van der Waals surface area contributed by atoms with Crippen molar-refractivity contribution in [1.82, 2.24) is 4.98 Å². The largest absolute Gasteiger partial charge is 0.451 e. The van der Waals surface area contributed by atoms with E-state index in [1.54, 1.807) is 6.20 Å². The molecular weight excluding hydrogens is 178 g/mol. The molecule has 0 N–H and O–H groups in total. The van der Waals surface area contributed by atoms with Crippen LogP contribution in [0.3, 0.4) is 0 Å². The highest BCUT2D eigenvalue weighted by Gasteiger charge is 2.08. The number of nitrogens with zero attached hydrogens (tertiary/aromatic N) is 1. The van der Waals surface area contributed by atoms with Gasteiger partial charge in [0, 0.05) is 5.39 Å². The molecule has 3 aromatic rings. The molecule has 0 spiro atoms. The molecule has 0 radical (unpaired) electrons. The summed E-state index contributed by atoms with van der Waals surface area (Å²) >= 11 is 0. The summed E-state index contributed by atoms with van der Waals surface area (Å²) in [4.78, 5) is 4.02. The average molecular weight is 185 g/mol. The van der Waals surface area contributed by atoms with E-state index in [2.05, 4.69) is 4.98 Å². The molecule has 0 aliphatic carbocycles. The van der Waals surface area contributed by atoms with E-state index in [0.29, 0.717) is 11.7 Å². The number of para-hydroxylation sites is 1. The number of furan rings is 1. The smallest absolute Gasteiger partial charge is 0.262 e. The maximum Gasteiger partial charge on any atom is 0.262 e. The van der Waals surface area contributed by atoms with Crippen LogP contribution in [0, 0.1) is 0 Å². The molecule has 14 heavy (non-hydrogen) atoms. The fraction of sp³-hybridized carbons (Fsp3) is 0. The molecule has 3 rings (SSSR count). The van der Waals surface area contributed by atoms with Crippen molar-refractivity contribution in [3.63, 3.8) is 0 Å². The first-order valence-corrected chi connectivity index (χ1v) is 4.32. The first kappa shape index (κ1) is 7.38. The summed E-state index contributed by atoms with van der Waals surface area (Å²) in [5.74, 6) is 1.18. The summed E-state index contributed by atoms with van der Waals surface area (Å²) in [6, 6.07) is 9.73. The van der Waals surface area contributed by atoms with Gasteiger partial charge in [-0.05, 0) is 12.1 Å². The summed E-state index contributed by atoms with van der Waals surface area (Å²) < 4.78 is 10.7. The van der Waals surface area contributed by atoms with Gasteiger partial charge in [0.2, 0.25) is 0 Å². The molecule has 0 bridgehead atoms. The van der Waals surface area contributed by atoms with Gasteiger partial charge in [0.1, 0.15) is 11.8 Å². The van der Waals surface area contributed by atoms with Gasteiger partial charge in [-0.3, -0.25) is 0 Å². The number of oxazole rings is 1. The Hall–Kier alpha value is -2.03. The van der Waals surface area contributed by atoms with Gasteiger partial charge in [-0.15, -0.1) is 0 Å². The molecule has 0 unspecified atom stereocenters. The maximum atomic E-state index is 5.56. The van der Waals surface area contributed by atoms with E-state index in [4.69, 9.17) is 8.83 Å². The van der Waals surface area contributed by atoms with E-state index >= 15 is 0 Å². The Labute approximate surface area is 80.0 Å². The number of hydrogen-bond donors (Lipinski definition) is 0. The summed E-state index contributed by atoms with van der Waals surface area (Å²) in [5, 5.41) is 1.06. The Morgan fingerprint density at radius 1 is 1.14 bits per heavy atom. The SMILES string of the molecule is c1ccc2oc(-c3ncco3)cc2c1. The summed E-state index contributed by atoms with van der Waals surface area (Å²) in [5.41, 5.74) is 0.848. The summed E-state index contributed by atoms with van der Waals surface area (Å²) in [6.45, 7) is 0. The number of benzene rings is 1. The molecule has 0 aliphatic rings. The van der Waals surface area contributed by atoms with Crippen molar-refractivity contribution in [2.24, 2.45) is 0 Å². The minimum atomic E-state index is 0.515. The van der Waals surface area contributed by atoms with Crippen LogP contribution in [0.1, 0.15) is 0 Å². The van der Waals surface area contributed by atoms with E-state index in [1.165, 1.54) is 6.26 Å². The van der Waals surface area contributed by atoms with E-state index in [0.717, 1.165) is 11.0 Å². The van der Waals surface area contributed by atoms with Crippen LogP contribution in [0.2, 0.25) is 0 Å². The molecule has 2 aromatic heterocycles. The van der Waals surface area contributed by atoms with Gasteiger partial charge in [-0.1, -0.05) is 18.2 Å². The highest BCUT2D eigenvalue weighted by Crippen LogP contribution is 2.25. The van der Waals surface area contributed by atoms with Crippen LogP contribution in [-0.2, 0) is 0 Å². The summed E-state index contributed by atoms with van der Waals surface area (Å²) in [6.07, 6.45) is 3.13. The molecule has 0 saturated carbocycles. The Morgan fingerprint density at radius 2 is 2.07 bits per heavy atom. The Bertz CT molecular complexity index is 518. The van der Waals surface area contributed by atoms with Crippen LogP contribution in [-0.4, -0.2) is 4.98 Å². The van der Waals surface area contributed by atoms with Gasteiger partial charge < -0.3 is 8.83 Å². The highest BCUT2D eigenvalue weighted by molar-refractivity contribution is 5.81. The lowest BCUT2D eigenvalue weighted by Gasteiger charge is -1.85. The van der Waals surface area contributed by atoms with Crippen molar-refractivity contribution >= 4 is 11.0 Å². The zero-order valence-electron chi connectivity index (χ0n) is 7.31. The number of fused-ring (bicyclic) bond motifs is 1. The Kier molecular flexibility index (Phi) is 1.44. The van der Waals surface area contributed by atoms with Crippen molar-refractivity contribution in [3.05, 3.63) is 42.8 Å². The van der Waals surface area contributed by atoms with E-state index in [9.17, 15) is 0 Å². The first-order valence-electron chi connectivity index (χ1n) is 4.32. The quantitative estimate of drug-likeness (QED) is 0.584. The number of rotatable bonds is 1. The molecule has 0 atom stereocenters. The van der Waals surface area contributed by atoms with Crippen LogP contribution in [0.15, 0.2) is 51.6 Å². The monoisotopic (exact) mass is 185 g/mol. The Morgan fingerprint density at radius 3 is 2.86 bits per heavy atom. The summed E-state index contributed by atoms with van der Waals surface area (Å²) in [7, 11) is 0. The van der Waals surface area contributed by atoms with Crippen LogP contribution >= 0.6 is 0 Å². The van der Waals surface area contributed by atoms with Crippen LogP contribution in [0.25, 0.3) is 22.6 Å². The second-order valence-corrected chi connectivity index (χ2v) is 2.99. The predicted octanol–water partition coefficient (Wildman–Crippen LogP) is 3.09. The topological polar surface area (TPSA) is 39.2 Å². The lowest BCUT2D eigenvalue weighted by atomic mass is 10.2. The zero-order valence-corrected chi connectivity index (χ0v) is 7.31. The van der Waals surface area contributed by atoms with E-state index in [1.807, 2.05) is 30.3 Å². The molecule has 3 heteroatoms. The molecule has 0 amide bonds. The molecular formula is C11H7NO2. The molecule has 1 aromatic carbocycles. The molecule has 2 heterocycles. The van der Waals surface area contributed by atoms with Gasteiger partial charge >= 0.3 is 0 Å². The van der Waals surface area contributed by atoms with E-state index < -0.39 is 0 Å². The molecule has 68 valence electrons. The van der Waals surface area contributed by atoms with Gasteiger partial charge in [0.05, 0.1) is 6.20 Å². The maximum absolute atomic E-state index is 5.56. The van der Waals surface area contributed by atoms with Gasteiger partial charge in [0.15, 0.2) is 5.76 Å². The highest BCUT2D eigenvalue weighted by atomic mass is 16.4. The molecule has 0 fully saturated rings. The molecule has 0 aliphatic heterocycles. The fourth-order valence-electron chi connectivity index (χ4n) is 1.43. The van der Waals surface area contributed by atoms with Crippen molar-refractivity contribution in [2.75, 3.05) is 0 Å². The van der Waals surface area contributed by atoms with Gasteiger partial charge in [-0.25, -0.2) is 4.98 Å². The third kappa shape index (κ3) is 1.03. The fourth-order valence-corrected chi connectivity index (χ4v) is 1.43. The van der Waals surface area contributed by atoms with Crippen molar-refractivity contribution in [2.45, 2.75) is 0 Å². The third-order valence-electron chi connectivity index (χ3n) is 2.07. The number of hydrogen-bond acceptors (Lipinski definition) is 3. The second-order valence-electron chi connectivity index (χ2n) is 2.99. The molecule has 0 saturated heterocycles. The minimum absolute atomic E-state index is 0.515. The van der Waals surface area contributed by atoms with Gasteiger partial charge in [0.25, 0.3) is 5.89 Å². The van der Waals surface area contributed by atoms with Crippen LogP contribution in [0.4, 0.5) is 0 Å². The van der Waals surface area contributed by atoms with Crippen LogP contribution < -0.4 is 0 Å². The van der Waals surface area contributed by atoms with Crippen LogP contribution in [0.5, 0.6) is 0 Å². The van der Waals surface area contributed by atoms with Gasteiger partial charge in [-0.2, -0.15) is 0 Å². The zero-order chi connectivity index (χ0) is 9.38. The first-order chi connectivity index (χ1) is 6.93. The Balaban J connectivity index is 2.24. The van der Waals surface area contributed by atoms with E-state index in [-0.39, 0.29) is 0 Å². The van der Waals surface area contributed by atoms with Crippen molar-refractivity contribution in [1.29, 1.82) is 0 Å². The van der Waals surface area contributed by atoms with Crippen molar-refractivity contribution < 1.29 is 8.83 Å². The standard InChI is InChI=1S/C11H7NO2/c1-2-4-9-8(3-1)7-10(14-9)11-12-5-6-13-11/h1-7H. The lowest BCUT2D eigenvalue weighted by Crippen LogP contribution is -1.68. The molecule has 3 nitrogen and oxygen atoms in total. The third-order valence-corrected chi connectivity index (χ3v) is 2.07. The predicted molar refractivity (Wildman–Crippen MR) is 51.7 cm³/mol. The number of aromatic nitrogens is 1. The average Bonchev–Trinajstić information content (AvgIpc) is 2.86. The lowest BCUT2D eigenvalue weighted by molar-refractivity contribution is 0.534. The minimum Gasteiger partial charge on any atom is -0.451 e. The van der Waals surface area contributed by atoms with Crippen molar-refractivity contribution in [3.8, 4) is 11.7 Å².